The van der Waals surface area contributed by atoms with E-state index in [1.54, 1.807) is 18.3 Å². The van der Waals surface area contributed by atoms with E-state index >= 15 is 0 Å². The van der Waals surface area contributed by atoms with Crippen LogP contribution in [0.15, 0.2) is 29.1 Å². The van der Waals surface area contributed by atoms with Gasteiger partial charge in [-0.25, -0.2) is 4.68 Å². The van der Waals surface area contributed by atoms with E-state index in [9.17, 15) is 9.59 Å². The molecule has 6 heteroatoms. The van der Waals surface area contributed by atoms with Crippen LogP contribution in [0, 0.1) is 6.92 Å². The van der Waals surface area contributed by atoms with Crippen molar-refractivity contribution in [3.8, 4) is 0 Å². The highest BCUT2D eigenvalue weighted by Gasteiger charge is 2.22. The maximum absolute atomic E-state index is 12.9. The molecular weight excluding hydrogens is 310 g/mol. The fourth-order valence-electron chi connectivity index (χ4n) is 2.66. The average molecular weight is 329 g/mol. The number of carbonyl (C=O) groups excluding carboxylic acids is 1. The first kappa shape index (κ1) is 15.7. The Kier molecular flexibility index (Phi) is 3.93. The topological polar surface area (TPSA) is 64.0 Å². The lowest BCUT2D eigenvalue weighted by molar-refractivity contribution is -0.124. The second-order valence-corrected chi connectivity index (χ2v) is 7.03. The number of hydrogen-bond acceptors (Lipinski definition) is 4. The van der Waals surface area contributed by atoms with Gasteiger partial charge in [0.2, 0.25) is 5.91 Å². The van der Waals surface area contributed by atoms with Gasteiger partial charge in [0.25, 0.3) is 5.56 Å². The van der Waals surface area contributed by atoms with Gasteiger partial charge in [-0.3, -0.25) is 9.59 Å². The van der Waals surface area contributed by atoms with Crippen LogP contribution in [0.1, 0.15) is 32.5 Å². The normalized spacial score (nSPS) is 12.9. The van der Waals surface area contributed by atoms with Crippen molar-refractivity contribution in [2.75, 3.05) is 0 Å². The molecule has 1 atom stereocenters. The van der Waals surface area contributed by atoms with Crippen LogP contribution < -0.4 is 10.9 Å². The summed E-state index contributed by atoms with van der Waals surface area (Å²) < 4.78 is 3.25. The highest BCUT2D eigenvalue weighted by Crippen LogP contribution is 2.32. The molecule has 0 saturated carbocycles. The van der Waals surface area contributed by atoms with E-state index in [1.807, 2.05) is 45.0 Å². The van der Waals surface area contributed by atoms with Gasteiger partial charge in [-0.05, 0) is 33.8 Å². The van der Waals surface area contributed by atoms with E-state index in [0.29, 0.717) is 5.39 Å². The first-order valence-electron chi connectivity index (χ1n) is 7.61. The monoisotopic (exact) mass is 329 g/mol. The smallest absolute Gasteiger partial charge is 0.276 e. The van der Waals surface area contributed by atoms with Gasteiger partial charge in [0.1, 0.15) is 6.04 Å². The molecular formula is C17H19N3O2S. The number of hydrogen-bond donors (Lipinski definition) is 1. The Morgan fingerprint density at radius 2 is 1.96 bits per heavy atom. The minimum atomic E-state index is -0.647. The van der Waals surface area contributed by atoms with Crippen molar-refractivity contribution in [2.45, 2.75) is 39.8 Å². The van der Waals surface area contributed by atoms with E-state index < -0.39 is 6.04 Å². The lowest BCUT2D eigenvalue weighted by Crippen LogP contribution is -2.40. The quantitative estimate of drug-likeness (QED) is 0.803. The van der Waals surface area contributed by atoms with Crippen molar-refractivity contribution in [3.05, 3.63) is 40.3 Å². The van der Waals surface area contributed by atoms with Crippen molar-refractivity contribution in [1.82, 2.24) is 15.1 Å². The first-order valence-corrected chi connectivity index (χ1v) is 8.43. The maximum Gasteiger partial charge on any atom is 0.276 e. The van der Waals surface area contributed by atoms with E-state index in [1.165, 1.54) is 4.68 Å². The summed E-state index contributed by atoms with van der Waals surface area (Å²) in [6, 6.07) is 7.19. The van der Waals surface area contributed by atoms with Crippen molar-refractivity contribution in [1.29, 1.82) is 0 Å². The molecule has 2 heterocycles. The Morgan fingerprint density at radius 3 is 2.65 bits per heavy atom. The van der Waals surface area contributed by atoms with Crippen LogP contribution in [0.3, 0.4) is 0 Å². The molecule has 0 bridgehead atoms. The summed E-state index contributed by atoms with van der Waals surface area (Å²) in [6.45, 7) is 7.36. The average Bonchev–Trinajstić information content (AvgIpc) is 2.89. The molecule has 1 unspecified atom stereocenters. The molecule has 120 valence electrons. The van der Waals surface area contributed by atoms with Gasteiger partial charge in [0.15, 0.2) is 0 Å². The second kappa shape index (κ2) is 5.77. The Hall–Kier alpha value is -2.21. The number of fused-ring (bicyclic) bond motifs is 3. The summed E-state index contributed by atoms with van der Waals surface area (Å²) in [5, 5.41) is 8.79. The lowest BCUT2D eigenvalue weighted by atomic mass is 10.2. The Bertz CT molecular complexity index is 956. The molecule has 0 aliphatic heterocycles. The zero-order chi connectivity index (χ0) is 16.7. The molecule has 0 saturated heterocycles. The van der Waals surface area contributed by atoms with Crippen LogP contribution in [-0.4, -0.2) is 21.7 Å². The minimum Gasteiger partial charge on any atom is -0.352 e. The highest BCUT2D eigenvalue weighted by molar-refractivity contribution is 7.26. The number of benzene rings is 1. The number of nitrogens with one attached hydrogen (secondary N) is 1. The van der Waals surface area contributed by atoms with E-state index in [4.69, 9.17) is 0 Å². The fourth-order valence-corrected chi connectivity index (χ4v) is 3.79. The molecule has 0 aliphatic rings. The Labute approximate surface area is 137 Å². The summed E-state index contributed by atoms with van der Waals surface area (Å²) in [5.74, 6) is -0.201. The summed E-state index contributed by atoms with van der Waals surface area (Å²) in [7, 11) is 0. The summed E-state index contributed by atoms with van der Waals surface area (Å²) in [4.78, 5) is 25.2. The fraction of sp³-hybridized carbons (Fsp3) is 0.353. The molecule has 1 N–H and O–H groups in total. The summed E-state index contributed by atoms with van der Waals surface area (Å²) >= 11 is 1.57. The predicted molar refractivity (Wildman–Crippen MR) is 94.1 cm³/mol. The van der Waals surface area contributed by atoms with Gasteiger partial charge in [-0.2, -0.15) is 5.10 Å². The molecule has 5 nitrogen and oxygen atoms in total. The predicted octanol–water partition coefficient (Wildman–Crippen LogP) is 3.01. The molecule has 1 amide bonds. The first-order chi connectivity index (χ1) is 10.9. The van der Waals surface area contributed by atoms with Gasteiger partial charge in [0, 0.05) is 16.1 Å². The number of aromatic nitrogens is 2. The SMILES string of the molecule is Cc1nn(C(C)C(=O)NC(C)C)c(=O)c2c1sc1ccccc12. The number of nitrogens with zero attached hydrogens (tertiary/aromatic N) is 2. The van der Waals surface area contributed by atoms with Crippen LogP contribution >= 0.6 is 11.3 Å². The molecule has 0 spiro atoms. The van der Waals surface area contributed by atoms with Crippen LogP contribution in [0.5, 0.6) is 0 Å². The summed E-state index contributed by atoms with van der Waals surface area (Å²) in [6.07, 6.45) is 0. The van der Waals surface area contributed by atoms with Crippen LogP contribution in [-0.2, 0) is 4.79 Å². The van der Waals surface area contributed by atoms with Gasteiger partial charge in [-0.15, -0.1) is 11.3 Å². The van der Waals surface area contributed by atoms with E-state index in [0.717, 1.165) is 20.5 Å². The van der Waals surface area contributed by atoms with Crippen molar-refractivity contribution < 1.29 is 4.79 Å². The maximum atomic E-state index is 12.9. The van der Waals surface area contributed by atoms with Gasteiger partial charge in [0.05, 0.1) is 15.8 Å². The number of carbonyl (C=O) groups is 1. The molecule has 3 aromatic rings. The zero-order valence-electron chi connectivity index (χ0n) is 13.6. The Balaban J connectivity index is 2.23. The van der Waals surface area contributed by atoms with Gasteiger partial charge >= 0.3 is 0 Å². The van der Waals surface area contributed by atoms with Crippen molar-refractivity contribution in [3.63, 3.8) is 0 Å². The van der Waals surface area contributed by atoms with Crippen molar-refractivity contribution in [2.24, 2.45) is 0 Å². The zero-order valence-corrected chi connectivity index (χ0v) is 14.4. The van der Waals surface area contributed by atoms with Crippen LogP contribution in [0.2, 0.25) is 0 Å². The largest absolute Gasteiger partial charge is 0.352 e. The summed E-state index contributed by atoms with van der Waals surface area (Å²) in [5.41, 5.74) is 0.555. The number of aryl methyl sites for hydroxylation is 1. The standard InChI is InChI=1S/C17H19N3O2S/c1-9(2)18-16(21)11(4)20-17(22)14-12-7-5-6-8-13(12)23-15(14)10(3)19-20/h5-9,11H,1-4H3,(H,18,21). The molecule has 3 rings (SSSR count). The van der Waals surface area contributed by atoms with Gasteiger partial charge < -0.3 is 5.32 Å². The molecule has 0 aliphatic carbocycles. The molecule has 23 heavy (non-hydrogen) atoms. The van der Waals surface area contributed by atoms with E-state index in [-0.39, 0.29) is 17.5 Å². The molecule has 0 radical (unpaired) electrons. The van der Waals surface area contributed by atoms with Crippen LogP contribution in [0.25, 0.3) is 20.2 Å². The number of thiophene rings is 1. The second-order valence-electron chi connectivity index (χ2n) is 5.98. The minimum absolute atomic E-state index is 0.0208. The third kappa shape index (κ3) is 2.63. The highest BCUT2D eigenvalue weighted by atomic mass is 32.1. The van der Waals surface area contributed by atoms with E-state index in [2.05, 4.69) is 10.4 Å². The molecule has 1 aromatic carbocycles. The third-order valence-electron chi connectivity index (χ3n) is 3.78. The number of rotatable bonds is 3. The van der Waals surface area contributed by atoms with Crippen LogP contribution in [0.4, 0.5) is 0 Å². The molecule has 0 fully saturated rings. The van der Waals surface area contributed by atoms with Gasteiger partial charge in [-0.1, -0.05) is 18.2 Å². The lowest BCUT2D eigenvalue weighted by Gasteiger charge is -2.16. The third-order valence-corrected chi connectivity index (χ3v) is 5.06. The van der Waals surface area contributed by atoms with Crippen molar-refractivity contribution >= 4 is 37.4 Å². The number of amides is 1. The Morgan fingerprint density at radius 1 is 1.26 bits per heavy atom. The molecule has 2 aromatic heterocycles.